The van der Waals surface area contributed by atoms with Gasteiger partial charge in [0.2, 0.25) is 0 Å². The summed E-state index contributed by atoms with van der Waals surface area (Å²) >= 11 is 0. The smallest absolute Gasteiger partial charge is 0.129 e. The summed E-state index contributed by atoms with van der Waals surface area (Å²) in [7, 11) is 0. The molecule has 1 aromatic heterocycles. The first-order valence-corrected chi connectivity index (χ1v) is 6.47. The van der Waals surface area contributed by atoms with Gasteiger partial charge in [-0.1, -0.05) is 13.0 Å². The van der Waals surface area contributed by atoms with Crippen LogP contribution in [0.4, 0.5) is 5.69 Å². The van der Waals surface area contributed by atoms with Crippen molar-refractivity contribution >= 4 is 5.69 Å². The minimum absolute atomic E-state index is 0.0691. The summed E-state index contributed by atoms with van der Waals surface area (Å²) in [6, 6.07) is 11.5. The van der Waals surface area contributed by atoms with Gasteiger partial charge in [-0.2, -0.15) is 0 Å². The molecular weight excluding hydrogens is 242 g/mol. The fourth-order valence-electron chi connectivity index (χ4n) is 1.71. The molecule has 0 aliphatic carbocycles. The van der Waals surface area contributed by atoms with Gasteiger partial charge in [0.1, 0.15) is 23.9 Å². The lowest BCUT2D eigenvalue weighted by Crippen LogP contribution is -1.99. The Balaban J connectivity index is 1.91. The summed E-state index contributed by atoms with van der Waals surface area (Å²) in [6.07, 6.45) is 0.994. The molecule has 102 valence electrons. The van der Waals surface area contributed by atoms with Gasteiger partial charge in [-0.05, 0) is 30.7 Å². The molecular formula is C15H19NO3. The second-order valence-electron chi connectivity index (χ2n) is 4.26. The van der Waals surface area contributed by atoms with Crippen LogP contribution in [-0.2, 0) is 13.2 Å². The number of anilines is 1. The molecule has 4 nitrogen and oxygen atoms in total. The van der Waals surface area contributed by atoms with Crippen LogP contribution in [0.2, 0.25) is 0 Å². The maximum atomic E-state index is 8.92. The Morgan fingerprint density at radius 3 is 2.79 bits per heavy atom. The normalized spacial score (nSPS) is 10.4. The summed E-state index contributed by atoms with van der Waals surface area (Å²) in [6.45, 7) is 3.32. The summed E-state index contributed by atoms with van der Waals surface area (Å²) < 4.78 is 11.0. The fourth-order valence-corrected chi connectivity index (χ4v) is 1.71. The van der Waals surface area contributed by atoms with Crippen LogP contribution in [0.5, 0.6) is 5.75 Å². The number of rotatable bonds is 7. The summed E-state index contributed by atoms with van der Waals surface area (Å²) in [5.41, 5.74) is 0.982. The number of aliphatic hydroxyl groups excluding tert-OH is 1. The molecule has 0 atom stereocenters. The van der Waals surface area contributed by atoms with E-state index in [0.29, 0.717) is 12.3 Å². The molecule has 2 aromatic rings. The van der Waals surface area contributed by atoms with E-state index in [2.05, 4.69) is 12.2 Å². The van der Waals surface area contributed by atoms with Crippen molar-refractivity contribution in [1.29, 1.82) is 0 Å². The number of benzene rings is 1. The van der Waals surface area contributed by atoms with Crippen LogP contribution in [0.25, 0.3) is 0 Å². The number of hydrogen-bond acceptors (Lipinski definition) is 4. The zero-order chi connectivity index (χ0) is 13.5. The maximum absolute atomic E-state index is 8.92. The number of furan rings is 1. The molecule has 0 aliphatic heterocycles. The highest BCUT2D eigenvalue weighted by molar-refractivity contribution is 5.48. The van der Waals surface area contributed by atoms with Crippen molar-refractivity contribution in [2.75, 3.05) is 11.9 Å². The van der Waals surface area contributed by atoms with Gasteiger partial charge in [0.05, 0.1) is 13.2 Å². The highest BCUT2D eigenvalue weighted by atomic mass is 16.5. The Hall–Kier alpha value is -1.94. The predicted molar refractivity (Wildman–Crippen MR) is 74.2 cm³/mol. The molecule has 4 heteroatoms. The van der Waals surface area contributed by atoms with Gasteiger partial charge in [-0.25, -0.2) is 0 Å². The van der Waals surface area contributed by atoms with Gasteiger partial charge >= 0.3 is 0 Å². The van der Waals surface area contributed by atoms with Crippen LogP contribution in [0.3, 0.4) is 0 Å². The molecule has 19 heavy (non-hydrogen) atoms. The number of hydrogen-bond donors (Lipinski definition) is 2. The van der Waals surface area contributed by atoms with Gasteiger partial charge in [0.15, 0.2) is 0 Å². The highest BCUT2D eigenvalue weighted by Gasteiger charge is 2.01. The number of nitrogens with one attached hydrogen (secondary N) is 1. The van der Waals surface area contributed by atoms with E-state index >= 15 is 0 Å². The molecule has 0 fully saturated rings. The summed E-state index contributed by atoms with van der Waals surface area (Å²) in [5.74, 6) is 2.24. The van der Waals surface area contributed by atoms with Crippen molar-refractivity contribution in [3.8, 4) is 5.75 Å². The Labute approximate surface area is 113 Å². The topological polar surface area (TPSA) is 54.6 Å². The average molecular weight is 261 g/mol. The van der Waals surface area contributed by atoms with Crippen LogP contribution in [0.1, 0.15) is 24.9 Å². The Kier molecular flexibility index (Phi) is 4.86. The zero-order valence-corrected chi connectivity index (χ0v) is 11.1. The van der Waals surface area contributed by atoms with Crippen LogP contribution < -0.4 is 10.1 Å². The second kappa shape index (κ2) is 6.85. The van der Waals surface area contributed by atoms with Crippen molar-refractivity contribution in [3.63, 3.8) is 0 Å². The molecule has 0 bridgehead atoms. The van der Waals surface area contributed by atoms with E-state index in [1.165, 1.54) is 0 Å². The van der Waals surface area contributed by atoms with E-state index in [4.69, 9.17) is 14.3 Å². The summed E-state index contributed by atoms with van der Waals surface area (Å²) in [5, 5.41) is 12.2. The molecule has 0 amide bonds. The molecule has 0 radical (unpaired) electrons. The molecule has 0 saturated carbocycles. The third kappa shape index (κ3) is 4.03. The molecule has 2 rings (SSSR count). The molecule has 0 unspecified atom stereocenters. The molecule has 0 saturated heterocycles. The zero-order valence-electron chi connectivity index (χ0n) is 11.1. The largest absolute Gasteiger partial charge is 0.494 e. The van der Waals surface area contributed by atoms with E-state index in [1.807, 2.05) is 30.3 Å². The second-order valence-corrected chi connectivity index (χ2v) is 4.26. The molecule has 1 heterocycles. The SMILES string of the molecule is CCCOc1cccc(NCc2ccc(CO)o2)c1. The molecule has 0 spiro atoms. The average Bonchev–Trinajstić information content (AvgIpc) is 2.91. The highest BCUT2D eigenvalue weighted by Crippen LogP contribution is 2.18. The first kappa shape index (κ1) is 13.5. The standard InChI is InChI=1S/C15H19NO3/c1-2-8-18-13-5-3-4-12(9-13)16-10-14-6-7-15(11-17)19-14/h3-7,9,16-17H,2,8,10-11H2,1H3. The molecule has 1 aromatic carbocycles. The quantitative estimate of drug-likeness (QED) is 0.803. The van der Waals surface area contributed by atoms with Crippen molar-refractivity contribution in [3.05, 3.63) is 47.9 Å². The maximum Gasteiger partial charge on any atom is 0.129 e. The Bertz CT molecular complexity index is 508. The van der Waals surface area contributed by atoms with E-state index in [1.54, 1.807) is 6.07 Å². The number of ether oxygens (including phenoxy) is 1. The summed E-state index contributed by atoms with van der Waals surface area (Å²) in [4.78, 5) is 0. The van der Waals surface area contributed by atoms with Crippen LogP contribution in [0.15, 0.2) is 40.8 Å². The number of aliphatic hydroxyl groups is 1. The van der Waals surface area contributed by atoms with Gasteiger partial charge in [-0.15, -0.1) is 0 Å². The van der Waals surface area contributed by atoms with E-state index < -0.39 is 0 Å². The monoisotopic (exact) mass is 261 g/mol. The lowest BCUT2D eigenvalue weighted by Gasteiger charge is -2.08. The Morgan fingerprint density at radius 2 is 2.05 bits per heavy atom. The van der Waals surface area contributed by atoms with Gasteiger partial charge in [-0.3, -0.25) is 0 Å². The van der Waals surface area contributed by atoms with E-state index in [9.17, 15) is 0 Å². The fraction of sp³-hybridized carbons (Fsp3) is 0.333. The lowest BCUT2D eigenvalue weighted by atomic mass is 10.3. The van der Waals surface area contributed by atoms with Gasteiger partial charge in [0, 0.05) is 11.8 Å². The first-order valence-electron chi connectivity index (χ1n) is 6.47. The van der Waals surface area contributed by atoms with E-state index in [-0.39, 0.29) is 6.61 Å². The van der Waals surface area contributed by atoms with E-state index in [0.717, 1.165) is 30.2 Å². The molecule has 0 aliphatic rings. The van der Waals surface area contributed by atoms with Crippen molar-refractivity contribution in [1.82, 2.24) is 0 Å². The molecule has 2 N–H and O–H groups in total. The third-order valence-electron chi connectivity index (χ3n) is 2.65. The van der Waals surface area contributed by atoms with Gasteiger partial charge < -0.3 is 19.6 Å². The predicted octanol–water partition coefficient (Wildman–Crippen LogP) is 3.17. The lowest BCUT2D eigenvalue weighted by molar-refractivity contribution is 0.244. The van der Waals surface area contributed by atoms with Crippen molar-refractivity contribution < 1.29 is 14.3 Å². The minimum Gasteiger partial charge on any atom is -0.494 e. The van der Waals surface area contributed by atoms with Crippen molar-refractivity contribution in [2.45, 2.75) is 26.5 Å². The van der Waals surface area contributed by atoms with Crippen molar-refractivity contribution in [2.24, 2.45) is 0 Å². The van der Waals surface area contributed by atoms with Crippen LogP contribution >= 0.6 is 0 Å². The third-order valence-corrected chi connectivity index (χ3v) is 2.65. The first-order chi connectivity index (χ1) is 9.31. The van der Waals surface area contributed by atoms with Gasteiger partial charge in [0.25, 0.3) is 0 Å². The van der Waals surface area contributed by atoms with Crippen LogP contribution in [0, 0.1) is 0 Å². The minimum atomic E-state index is -0.0691. The van der Waals surface area contributed by atoms with Crippen LogP contribution in [-0.4, -0.2) is 11.7 Å². The Morgan fingerprint density at radius 1 is 1.21 bits per heavy atom.